The van der Waals surface area contributed by atoms with Crippen molar-refractivity contribution >= 4 is 11.6 Å². The molecule has 1 N–H and O–H groups in total. The minimum absolute atomic E-state index is 0.209. The van der Waals surface area contributed by atoms with Crippen molar-refractivity contribution in [3.8, 4) is 0 Å². The minimum atomic E-state index is -0.289. The first-order valence-electron chi connectivity index (χ1n) is 7.30. The lowest BCUT2D eigenvalue weighted by Crippen LogP contribution is -2.21. The van der Waals surface area contributed by atoms with Gasteiger partial charge in [0.05, 0.1) is 5.02 Å². The topological polar surface area (TPSA) is 12.0 Å². The zero-order valence-electron chi connectivity index (χ0n) is 11.6. The van der Waals surface area contributed by atoms with Crippen molar-refractivity contribution < 1.29 is 4.39 Å². The van der Waals surface area contributed by atoms with Crippen molar-refractivity contribution in [3.05, 3.63) is 34.6 Å². The smallest absolute Gasteiger partial charge is 0.146 e. The zero-order chi connectivity index (χ0) is 13.7. The molecule has 0 bridgehead atoms. The van der Waals surface area contributed by atoms with Crippen LogP contribution in [0.3, 0.4) is 0 Å². The van der Waals surface area contributed by atoms with E-state index in [1.807, 2.05) is 0 Å². The Bertz CT molecular complexity index is 400. The summed E-state index contributed by atoms with van der Waals surface area (Å²) in [6, 6.07) is 5.17. The summed E-state index contributed by atoms with van der Waals surface area (Å²) in [4.78, 5) is 0. The third kappa shape index (κ3) is 4.47. The van der Waals surface area contributed by atoms with Gasteiger partial charge in [-0.05, 0) is 30.9 Å². The maximum absolute atomic E-state index is 13.7. The summed E-state index contributed by atoms with van der Waals surface area (Å²) in [7, 11) is 0. The average Bonchev–Trinajstić information content (AvgIpc) is 2.41. The summed E-state index contributed by atoms with van der Waals surface area (Å²) < 4.78 is 13.7. The molecule has 0 amide bonds. The van der Waals surface area contributed by atoms with Gasteiger partial charge in [0.1, 0.15) is 5.82 Å². The third-order valence-corrected chi connectivity index (χ3v) is 4.50. The van der Waals surface area contributed by atoms with E-state index >= 15 is 0 Å². The fourth-order valence-electron chi connectivity index (χ4n) is 2.83. The first kappa shape index (κ1) is 14.8. The molecule has 1 aromatic rings. The van der Waals surface area contributed by atoms with E-state index in [9.17, 15) is 4.39 Å². The van der Waals surface area contributed by atoms with Crippen LogP contribution in [0.5, 0.6) is 0 Å². The van der Waals surface area contributed by atoms with Gasteiger partial charge in [0.15, 0.2) is 0 Å². The lowest BCUT2D eigenvalue weighted by atomic mass is 9.81. The molecule has 1 aliphatic rings. The van der Waals surface area contributed by atoms with E-state index in [-0.39, 0.29) is 10.8 Å². The van der Waals surface area contributed by atoms with Gasteiger partial charge in [0, 0.05) is 12.1 Å². The number of benzene rings is 1. The predicted molar refractivity (Wildman–Crippen MR) is 78.9 cm³/mol. The van der Waals surface area contributed by atoms with Gasteiger partial charge in [-0.1, -0.05) is 56.3 Å². The van der Waals surface area contributed by atoms with Crippen LogP contribution in [-0.2, 0) is 6.54 Å². The van der Waals surface area contributed by atoms with Gasteiger partial charge >= 0.3 is 0 Å². The van der Waals surface area contributed by atoms with Gasteiger partial charge in [0.2, 0.25) is 0 Å². The summed E-state index contributed by atoms with van der Waals surface area (Å²) in [5.41, 5.74) is 0.657. The van der Waals surface area contributed by atoms with Crippen molar-refractivity contribution in [2.24, 2.45) is 11.8 Å². The highest BCUT2D eigenvalue weighted by Gasteiger charge is 2.17. The van der Waals surface area contributed by atoms with E-state index in [4.69, 9.17) is 11.6 Å². The molecule has 1 nitrogen and oxygen atoms in total. The Hall–Kier alpha value is -0.600. The van der Waals surface area contributed by atoms with Crippen molar-refractivity contribution in [2.45, 2.75) is 45.6 Å². The second-order valence-corrected chi connectivity index (χ2v) is 6.21. The van der Waals surface area contributed by atoms with Crippen LogP contribution < -0.4 is 5.32 Å². The molecule has 0 atom stereocenters. The highest BCUT2D eigenvalue weighted by atomic mass is 35.5. The van der Waals surface area contributed by atoms with E-state index in [0.717, 1.165) is 18.4 Å². The Morgan fingerprint density at radius 3 is 2.74 bits per heavy atom. The van der Waals surface area contributed by atoms with E-state index in [0.29, 0.717) is 12.1 Å². The highest BCUT2D eigenvalue weighted by Crippen LogP contribution is 2.29. The Labute approximate surface area is 120 Å². The molecular weight excluding hydrogens is 261 g/mol. The Morgan fingerprint density at radius 2 is 2.00 bits per heavy atom. The Kier molecular flexibility index (Phi) is 5.65. The maximum Gasteiger partial charge on any atom is 0.146 e. The van der Waals surface area contributed by atoms with Crippen molar-refractivity contribution in [2.75, 3.05) is 6.54 Å². The zero-order valence-corrected chi connectivity index (χ0v) is 12.3. The van der Waals surface area contributed by atoms with E-state index in [1.165, 1.54) is 32.1 Å². The predicted octanol–water partition coefficient (Wildman–Crippen LogP) is 4.79. The number of rotatable bonds is 5. The first-order chi connectivity index (χ1) is 9.16. The summed E-state index contributed by atoms with van der Waals surface area (Å²) >= 11 is 5.76. The van der Waals surface area contributed by atoms with Crippen LogP contribution in [0, 0.1) is 17.7 Å². The van der Waals surface area contributed by atoms with Gasteiger partial charge in [-0.25, -0.2) is 4.39 Å². The van der Waals surface area contributed by atoms with E-state index in [1.54, 1.807) is 18.2 Å². The molecule has 0 aromatic heterocycles. The fraction of sp³-hybridized carbons (Fsp3) is 0.625. The second kappa shape index (κ2) is 7.25. The lowest BCUT2D eigenvalue weighted by Gasteiger charge is -2.26. The summed E-state index contributed by atoms with van der Waals surface area (Å²) in [5.74, 6) is 1.47. The molecule has 0 heterocycles. The number of halogens is 2. The summed E-state index contributed by atoms with van der Waals surface area (Å²) in [5, 5.41) is 3.54. The van der Waals surface area contributed by atoms with Crippen molar-refractivity contribution in [1.29, 1.82) is 0 Å². The number of hydrogen-bond acceptors (Lipinski definition) is 1. The number of nitrogens with one attached hydrogen (secondary N) is 1. The SMILES string of the molecule is CC1CCC(CCNCc2cccc(Cl)c2F)CC1. The molecule has 106 valence electrons. The third-order valence-electron chi connectivity index (χ3n) is 4.21. The standard InChI is InChI=1S/C16H23ClFN/c1-12-5-7-13(8-6-12)9-10-19-11-14-3-2-4-15(17)16(14)18/h2-4,12-13,19H,5-11H2,1H3. The van der Waals surface area contributed by atoms with E-state index < -0.39 is 0 Å². The van der Waals surface area contributed by atoms with Gasteiger partial charge in [-0.3, -0.25) is 0 Å². The molecule has 19 heavy (non-hydrogen) atoms. The van der Waals surface area contributed by atoms with Gasteiger partial charge in [0.25, 0.3) is 0 Å². The molecule has 0 saturated heterocycles. The molecule has 1 aliphatic carbocycles. The largest absolute Gasteiger partial charge is 0.313 e. The quantitative estimate of drug-likeness (QED) is 0.767. The Balaban J connectivity index is 1.68. The van der Waals surface area contributed by atoms with Crippen LogP contribution in [-0.4, -0.2) is 6.54 Å². The molecule has 1 saturated carbocycles. The van der Waals surface area contributed by atoms with E-state index in [2.05, 4.69) is 12.2 Å². The Morgan fingerprint density at radius 1 is 1.26 bits per heavy atom. The fourth-order valence-corrected chi connectivity index (χ4v) is 3.03. The van der Waals surface area contributed by atoms with Crippen LogP contribution in [0.25, 0.3) is 0 Å². The van der Waals surface area contributed by atoms with Crippen molar-refractivity contribution in [1.82, 2.24) is 5.32 Å². The van der Waals surface area contributed by atoms with Gasteiger partial charge < -0.3 is 5.32 Å². The maximum atomic E-state index is 13.7. The highest BCUT2D eigenvalue weighted by molar-refractivity contribution is 6.30. The second-order valence-electron chi connectivity index (χ2n) is 5.80. The molecule has 0 spiro atoms. The molecular formula is C16H23ClFN. The molecule has 2 rings (SSSR count). The van der Waals surface area contributed by atoms with Crippen LogP contribution in [0.4, 0.5) is 4.39 Å². The molecule has 0 radical (unpaired) electrons. The summed E-state index contributed by atoms with van der Waals surface area (Å²) in [6.07, 6.45) is 6.65. The number of hydrogen-bond donors (Lipinski definition) is 1. The lowest BCUT2D eigenvalue weighted by molar-refractivity contribution is 0.275. The molecule has 0 unspecified atom stereocenters. The first-order valence-corrected chi connectivity index (χ1v) is 7.68. The van der Waals surface area contributed by atoms with Crippen molar-refractivity contribution in [3.63, 3.8) is 0 Å². The normalized spacial score (nSPS) is 23.5. The van der Waals surface area contributed by atoms with Crippen LogP contribution in [0.1, 0.15) is 44.6 Å². The van der Waals surface area contributed by atoms with Gasteiger partial charge in [-0.15, -0.1) is 0 Å². The monoisotopic (exact) mass is 283 g/mol. The molecule has 1 fully saturated rings. The minimum Gasteiger partial charge on any atom is -0.313 e. The van der Waals surface area contributed by atoms with Gasteiger partial charge in [-0.2, -0.15) is 0 Å². The van der Waals surface area contributed by atoms with Crippen LogP contribution >= 0.6 is 11.6 Å². The average molecular weight is 284 g/mol. The van der Waals surface area contributed by atoms with Crippen LogP contribution in [0.2, 0.25) is 5.02 Å². The van der Waals surface area contributed by atoms with Crippen LogP contribution in [0.15, 0.2) is 18.2 Å². The summed E-state index contributed by atoms with van der Waals surface area (Å²) in [6.45, 7) is 3.87. The molecule has 3 heteroatoms. The molecule has 1 aromatic carbocycles. The molecule has 0 aliphatic heterocycles.